The van der Waals surface area contributed by atoms with Crippen molar-refractivity contribution in [2.45, 2.75) is 34.1 Å². The number of aryl methyl sites for hydroxylation is 2. The fourth-order valence-corrected chi connectivity index (χ4v) is 3.74. The van der Waals surface area contributed by atoms with Crippen LogP contribution in [0.5, 0.6) is 11.5 Å². The lowest BCUT2D eigenvalue weighted by Crippen LogP contribution is -1.83. The fraction of sp³-hybridized carbons (Fsp3) is 0.152. The predicted octanol–water partition coefficient (Wildman–Crippen LogP) is 8.85. The van der Waals surface area contributed by atoms with Crippen LogP contribution in [0.1, 0.15) is 32.4 Å². The van der Waals surface area contributed by atoms with Crippen molar-refractivity contribution in [2.75, 3.05) is 0 Å². The third kappa shape index (κ3) is 8.13. The van der Waals surface area contributed by atoms with E-state index in [1.165, 1.54) is 11.1 Å². The van der Waals surface area contributed by atoms with Crippen LogP contribution in [-0.4, -0.2) is 0 Å². The van der Waals surface area contributed by atoms with Gasteiger partial charge in [0.2, 0.25) is 0 Å². The second kappa shape index (κ2) is 15.2. The topological polar surface area (TPSA) is 66.0 Å². The molecular weight excluding hydrogens is 456 g/mol. The molecule has 0 saturated carbocycles. The van der Waals surface area contributed by atoms with Gasteiger partial charge in [-0.1, -0.05) is 118 Å². The van der Waals surface area contributed by atoms with E-state index < -0.39 is 0 Å². The summed E-state index contributed by atoms with van der Waals surface area (Å²) in [5, 5.41) is 20.9. The summed E-state index contributed by atoms with van der Waals surface area (Å²) in [6.45, 7) is 4.38. The first-order valence-corrected chi connectivity index (χ1v) is 11.8. The molecule has 0 radical (unpaired) electrons. The van der Waals surface area contributed by atoms with Gasteiger partial charge in [0.25, 0.3) is 12.5 Å². The van der Waals surface area contributed by atoms with Gasteiger partial charge in [-0.25, -0.2) is 0 Å². The van der Waals surface area contributed by atoms with Crippen LogP contribution in [-0.2, 0) is 12.8 Å². The number of hydrogen-bond donors (Lipinski definition) is 0. The van der Waals surface area contributed by atoms with Crippen LogP contribution in [0.25, 0.3) is 21.5 Å². The van der Waals surface area contributed by atoms with E-state index in [1.54, 1.807) is 24.6 Å². The lowest BCUT2D eigenvalue weighted by atomic mass is 10.1. The molecular formula is C33H32N2O2. The van der Waals surface area contributed by atoms with Crippen molar-refractivity contribution in [3.8, 4) is 24.0 Å². The first kappa shape index (κ1) is 28.4. The van der Waals surface area contributed by atoms with Gasteiger partial charge in [0.1, 0.15) is 11.5 Å². The number of ether oxygens (including phenoxy) is 2. The monoisotopic (exact) mass is 488 g/mol. The molecule has 186 valence electrons. The minimum Gasteiger partial charge on any atom is -0.387 e. The summed E-state index contributed by atoms with van der Waals surface area (Å²) in [7, 11) is 0. The molecule has 0 N–H and O–H groups in total. The van der Waals surface area contributed by atoms with Crippen LogP contribution in [0.3, 0.4) is 0 Å². The number of benzene rings is 5. The van der Waals surface area contributed by atoms with E-state index in [1.807, 2.05) is 72.8 Å². The van der Waals surface area contributed by atoms with Gasteiger partial charge < -0.3 is 9.47 Å². The molecule has 0 aliphatic heterocycles. The third-order valence-electron chi connectivity index (χ3n) is 5.62. The molecule has 0 saturated heterocycles. The Hall–Kier alpha value is -4.80. The van der Waals surface area contributed by atoms with Crippen molar-refractivity contribution in [3.05, 3.63) is 120 Å². The Balaban J connectivity index is 0.000000195. The second-order valence-electron chi connectivity index (χ2n) is 7.87. The van der Waals surface area contributed by atoms with Gasteiger partial charge in [-0.15, -0.1) is 10.5 Å². The molecule has 4 nitrogen and oxygen atoms in total. The molecule has 0 bridgehead atoms. The molecule has 0 aliphatic carbocycles. The van der Waals surface area contributed by atoms with Gasteiger partial charge in [-0.2, -0.15) is 0 Å². The maximum absolute atomic E-state index is 8.41. The van der Waals surface area contributed by atoms with E-state index in [9.17, 15) is 0 Å². The zero-order valence-electron chi connectivity index (χ0n) is 20.5. The van der Waals surface area contributed by atoms with Crippen molar-refractivity contribution in [3.63, 3.8) is 0 Å². The zero-order valence-corrected chi connectivity index (χ0v) is 20.5. The van der Waals surface area contributed by atoms with Crippen molar-refractivity contribution in [1.29, 1.82) is 10.5 Å². The lowest BCUT2D eigenvalue weighted by Gasteiger charge is -2.00. The summed E-state index contributed by atoms with van der Waals surface area (Å²) >= 11 is 0. The van der Waals surface area contributed by atoms with Crippen molar-refractivity contribution in [1.82, 2.24) is 0 Å². The molecule has 5 aromatic rings. The molecule has 5 aromatic carbocycles. The van der Waals surface area contributed by atoms with Crippen molar-refractivity contribution < 1.29 is 9.47 Å². The average Bonchev–Trinajstić information content (AvgIpc) is 2.94. The average molecular weight is 489 g/mol. The van der Waals surface area contributed by atoms with Gasteiger partial charge in [-0.05, 0) is 46.9 Å². The number of rotatable bonds is 4. The minimum absolute atomic E-state index is 0. The van der Waals surface area contributed by atoms with E-state index in [2.05, 4.69) is 38.1 Å². The predicted molar refractivity (Wildman–Crippen MR) is 152 cm³/mol. The highest BCUT2D eigenvalue weighted by Gasteiger charge is 2.00. The number of nitrogens with zero attached hydrogens (tertiary/aromatic N) is 2. The van der Waals surface area contributed by atoms with Crippen LogP contribution >= 0.6 is 0 Å². The maximum atomic E-state index is 8.41. The molecule has 37 heavy (non-hydrogen) atoms. The van der Waals surface area contributed by atoms with Crippen LogP contribution in [0.2, 0.25) is 0 Å². The second-order valence-corrected chi connectivity index (χ2v) is 7.87. The Morgan fingerprint density at radius 3 is 1.32 bits per heavy atom. The normalized spacial score (nSPS) is 9.30. The van der Waals surface area contributed by atoms with Crippen LogP contribution in [0.4, 0.5) is 0 Å². The first-order chi connectivity index (χ1) is 17.7. The summed E-state index contributed by atoms with van der Waals surface area (Å²) < 4.78 is 9.65. The fourth-order valence-electron chi connectivity index (χ4n) is 3.74. The summed E-state index contributed by atoms with van der Waals surface area (Å²) in [5.41, 5.74) is 2.89. The van der Waals surface area contributed by atoms with Gasteiger partial charge in [0.15, 0.2) is 0 Å². The SMILES string of the molecule is C.CCc1cccc(CC)c1.N#COc1cccc2ccccc12.N#COc1cccc2ccccc12. The summed E-state index contributed by atoms with van der Waals surface area (Å²) in [5.74, 6) is 1.22. The lowest BCUT2D eigenvalue weighted by molar-refractivity contribution is 0.513. The molecule has 0 aliphatic rings. The highest BCUT2D eigenvalue weighted by Crippen LogP contribution is 2.25. The summed E-state index contributed by atoms with van der Waals surface area (Å²) in [6, 6.07) is 35.6. The molecule has 4 heteroatoms. The van der Waals surface area contributed by atoms with E-state index in [-0.39, 0.29) is 7.43 Å². The Morgan fingerprint density at radius 2 is 0.919 bits per heavy atom. The molecule has 0 atom stereocenters. The largest absolute Gasteiger partial charge is 0.387 e. The van der Waals surface area contributed by atoms with Crippen molar-refractivity contribution in [2.24, 2.45) is 0 Å². The number of hydrogen-bond acceptors (Lipinski definition) is 4. The summed E-state index contributed by atoms with van der Waals surface area (Å²) in [6.07, 6.45) is 5.65. The molecule has 0 spiro atoms. The molecule has 0 amide bonds. The molecule has 5 rings (SSSR count). The van der Waals surface area contributed by atoms with Crippen LogP contribution in [0, 0.1) is 23.0 Å². The van der Waals surface area contributed by atoms with Gasteiger partial charge >= 0.3 is 0 Å². The highest BCUT2D eigenvalue weighted by molar-refractivity contribution is 5.89. The summed E-state index contributed by atoms with van der Waals surface area (Å²) in [4.78, 5) is 0. The van der Waals surface area contributed by atoms with E-state index >= 15 is 0 Å². The number of nitriles is 2. The van der Waals surface area contributed by atoms with Gasteiger partial charge in [0, 0.05) is 10.8 Å². The Kier molecular flexibility index (Phi) is 11.7. The molecule has 0 unspecified atom stereocenters. The molecule has 0 heterocycles. The maximum Gasteiger partial charge on any atom is 0.292 e. The van der Waals surface area contributed by atoms with Crippen LogP contribution in [0.15, 0.2) is 109 Å². The zero-order chi connectivity index (χ0) is 25.6. The van der Waals surface area contributed by atoms with Gasteiger partial charge in [0.05, 0.1) is 0 Å². The smallest absolute Gasteiger partial charge is 0.292 e. The quantitative estimate of drug-likeness (QED) is 0.237. The van der Waals surface area contributed by atoms with Crippen LogP contribution < -0.4 is 9.47 Å². The van der Waals surface area contributed by atoms with E-state index in [4.69, 9.17) is 20.0 Å². The Morgan fingerprint density at radius 1 is 0.541 bits per heavy atom. The van der Waals surface area contributed by atoms with Crippen molar-refractivity contribution >= 4 is 21.5 Å². The van der Waals surface area contributed by atoms with E-state index in [0.29, 0.717) is 11.5 Å². The van der Waals surface area contributed by atoms with Gasteiger partial charge in [-0.3, -0.25) is 0 Å². The standard InChI is InChI=1S/2C11H7NO.C10H14.CH4/c2*12-8-13-11-7-3-5-9-4-1-2-6-10(9)11;1-3-9-6-5-7-10(4-2)8-9;/h2*1-7H;5-8H,3-4H2,1-2H3;1H4. The van der Waals surface area contributed by atoms with E-state index in [0.717, 1.165) is 34.4 Å². The first-order valence-electron chi connectivity index (χ1n) is 11.8. The Bertz CT molecular complexity index is 1380. The number of fused-ring (bicyclic) bond motifs is 2. The highest BCUT2D eigenvalue weighted by atomic mass is 16.5. The Labute approximate surface area is 219 Å². The molecule has 0 fully saturated rings. The molecule has 0 aromatic heterocycles. The third-order valence-corrected chi connectivity index (χ3v) is 5.62. The minimum atomic E-state index is 0.